The Balaban J connectivity index is 1.71. The lowest BCUT2D eigenvalue weighted by Crippen LogP contribution is -2.45. The van der Waals surface area contributed by atoms with Crippen molar-refractivity contribution in [3.8, 4) is 5.75 Å². The van der Waals surface area contributed by atoms with Crippen LogP contribution in [0.1, 0.15) is 36.0 Å². The monoisotopic (exact) mass is 347 g/mol. The van der Waals surface area contributed by atoms with Crippen LogP contribution in [0.5, 0.6) is 5.75 Å². The zero-order valence-electron chi connectivity index (χ0n) is 14.0. The number of carbonyl (C=O) groups is 1. The summed E-state index contributed by atoms with van der Waals surface area (Å²) in [5, 5.41) is 15.2. The standard InChI is InChI=1S/C19H25NO3S/c1-23-17-5-3-2-4-16(17)18(22)20-13-19(14-8-11-24-12-14)9-6-15(21)7-10-19/h2-5,8,11,14-15,21H,6-7,9-10,12-13H2,1H3,(H,20,22)/t14-,15-,19-/m0/s1. The average Bonchev–Trinajstić information content (AvgIpc) is 3.16. The maximum Gasteiger partial charge on any atom is 0.255 e. The average molecular weight is 347 g/mol. The van der Waals surface area contributed by atoms with Crippen molar-refractivity contribution < 1.29 is 14.6 Å². The number of para-hydroxylation sites is 1. The molecule has 1 aromatic rings. The van der Waals surface area contributed by atoms with Gasteiger partial charge in [0, 0.05) is 12.3 Å². The molecule has 4 nitrogen and oxygen atoms in total. The molecular weight excluding hydrogens is 322 g/mol. The van der Waals surface area contributed by atoms with Crippen LogP contribution < -0.4 is 10.1 Å². The third-order valence-electron chi connectivity index (χ3n) is 5.37. The number of hydrogen-bond acceptors (Lipinski definition) is 4. The van der Waals surface area contributed by atoms with Gasteiger partial charge in [-0.05, 0) is 54.6 Å². The van der Waals surface area contributed by atoms with Crippen LogP contribution in [0, 0.1) is 11.3 Å². The van der Waals surface area contributed by atoms with Crippen molar-refractivity contribution in [3.05, 3.63) is 41.3 Å². The molecule has 2 N–H and O–H groups in total. The minimum atomic E-state index is -0.193. The molecule has 3 rings (SSSR count). The molecule has 24 heavy (non-hydrogen) atoms. The van der Waals surface area contributed by atoms with Gasteiger partial charge in [-0.1, -0.05) is 18.2 Å². The van der Waals surface area contributed by atoms with E-state index in [2.05, 4.69) is 16.8 Å². The second-order valence-electron chi connectivity index (χ2n) is 6.74. The zero-order chi connectivity index (χ0) is 17.0. The summed E-state index contributed by atoms with van der Waals surface area (Å²) in [5.41, 5.74) is 0.624. The van der Waals surface area contributed by atoms with Crippen LogP contribution in [0.3, 0.4) is 0 Å². The van der Waals surface area contributed by atoms with Gasteiger partial charge in [-0.2, -0.15) is 0 Å². The molecule has 1 aliphatic heterocycles. The second-order valence-corrected chi connectivity index (χ2v) is 7.68. The number of rotatable bonds is 5. The van der Waals surface area contributed by atoms with Crippen LogP contribution >= 0.6 is 11.8 Å². The quantitative estimate of drug-likeness (QED) is 0.859. The molecule has 0 unspecified atom stereocenters. The molecule has 1 aliphatic carbocycles. The lowest BCUT2D eigenvalue weighted by atomic mass is 9.65. The Labute approximate surface area is 147 Å². The first kappa shape index (κ1) is 17.4. The molecular formula is C19H25NO3S. The number of amides is 1. The summed E-state index contributed by atoms with van der Waals surface area (Å²) in [5.74, 6) is 2.04. The van der Waals surface area contributed by atoms with E-state index in [-0.39, 0.29) is 17.4 Å². The summed E-state index contributed by atoms with van der Waals surface area (Å²) in [6.07, 6.45) is 5.63. The first-order valence-electron chi connectivity index (χ1n) is 8.52. The molecule has 0 spiro atoms. The predicted octanol–water partition coefficient (Wildman–Crippen LogP) is 3.22. The number of benzene rings is 1. The van der Waals surface area contributed by atoms with E-state index in [9.17, 15) is 9.90 Å². The lowest BCUT2D eigenvalue weighted by molar-refractivity contribution is 0.0421. The van der Waals surface area contributed by atoms with E-state index in [4.69, 9.17) is 4.74 Å². The fourth-order valence-corrected chi connectivity index (χ4v) is 4.87. The Kier molecular flexibility index (Phi) is 5.51. The van der Waals surface area contributed by atoms with E-state index in [0.29, 0.717) is 23.8 Å². The smallest absolute Gasteiger partial charge is 0.255 e. The SMILES string of the molecule is COc1ccccc1C(=O)NC[C@]1([C@H]2C=CSC2)CC[C@H](O)CC1. The Bertz CT molecular complexity index is 608. The number of thioether (sulfide) groups is 1. The Morgan fingerprint density at radius 3 is 2.79 bits per heavy atom. The van der Waals surface area contributed by atoms with Gasteiger partial charge >= 0.3 is 0 Å². The van der Waals surface area contributed by atoms with Gasteiger partial charge in [-0.25, -0.2) is 0 Å². The third kappa shape index (κ3) is 3.62. The molecule has 0 radical (unpaired) electrons. The highest BCUT2D eigenvalue weighted by Crippen LogP contribution is 2.46. The molecule has 1 fully saturated rings. The summed E-state index contributed by atoms with van der Waals surface area (Å²) in [4.78, 5) is 12.6. The molecule has 0 aromatic heterocycles. The fourth-order valence-electron chi connectivity index (χ4n) is 3.79. The van der Waals surface area contributed by atoms with Gasteiger partial charge in [0.25, 0.3) is 5.91 Å². The van der Waals surface area contributed by atoms with E-state index in [1.165, 1.54) is 0 Å². The van der Waals surface area contributed by atoms with Crippen molar-refractivity contribution in [2.24, 2.45) is 11.3 Å². The van der Waals surface area contributed by atoms with Crippen LogP contribution in [0.4, 0.5) is 0 Å². The van der Waals surface area contributed by atoms with Crippen LogP contribution in [-0.2, 0) is 0 Å². The number of ether oxygens (including phenoxy) is 1. The third-order valence-corrected chi connectivity index (χ3v) is 6.27. The zero-order valence-corrected chi connectivity index (χ0v) is 14.8. The van der Waals surface area contributed by atoms with Crippen molar-refractivity contribution in [1.29, 1.82) is 0 Å². The molecule has 1 heterocycles. The highest BCUT2D eigenvalue weighted by Gasteiger charge is 2.41. The molecule has 1 atom stereocenters. The predicted molar refractivity (Wildman–Crippen MR) is 97.3 cm³/mol. The highest BCUT2D eigenvalue weighted by atomic mass is 32.2. The maximum atomic E-state index is 12.6. The van der Waals surface area contributed by atoms with Gasteiger partial charge in [0.15, 0.2) is 0 Å². The van der Waals surface area contributed by atoms with Crippen LogP contribution in [-0.4, -0.2) is 36.5 Å². The molecule has 1 aromatic carbocycles. The highest BCUT2D eigenvalue weighted by molar-refractivity contribution is 8.02. The Morgan fingerprint density at radius 1 is 1.38 bits per heavy atom. The number of allylic oxidation sites excluding steroid dienone is 1. The maximum absolute atomic E-state index is 12.6. The molecule has 2 aliphatic rings. The first-order valence-corrected chi connectivity index (χ1v) is 9.57. The molecule has 130 valence electrons. The summed E-state index contributed by atoms with van der Waals surface area (Å²) >= 11 is 1.84. The summed E-state index contributed by atoms with van der Waals surface area (Å²) in [7, 11) is 1.58. The van der Waals surface area contributed by atoms with Crippen molar-refractivity contribution in [3.63, 3.8) is 0 Å². The van der Waals surface area contributed by atoms with Crippen LogP contribution in [0.25, 0.3) is 0 Å². The summed E-state index contributed by atoms with van der Waals surface area (Å²) in [6, 6.07) is 7.30. The molecule has 0 saturated heterocycles. The van der Waals surface area contributed by atoms with Crippen molar-refractivity contribution in [2.45, 2.75) is 31.8 Å². The molecule has 5 heteroatoms. The lowest BCUT2D eigenvalue weighted by Gasteiger charge is -2.43. The van der Waals surface area contributed by atoms with E-state index >= 15 is 0 Å². The van der Waals surface area contributed by atoms with Gasteiger partial charge in [-0.15, -0.1) is 11.8 Å². The van der Waals surface area contributed by atoms with Crippen molar-refractivity contribution in [1.82, 2.24) is 5.32 Å². The summed E-state index contributed by atoms with van der Waals surface area (Å²) in [6.45, 7) is 0.645. The normalized spacial score (nSPS) is 29.4. The minimum absolute atomic E-state index is 0.0525. The van der Waals surface area contributed by atoms with Gasteiger partial charge in [0.2, 0.25) is 0 Å². The number of aliphatic hydroxyl groups excluding tert-OH is 1. The van der Waals surface area contributed by atoms with E-state index in [1.54, 1.807) is 19.2 Å². The number of hydrogen-bond donors (Lipinski definition) is 2. The number of carbonyl (C=O) groups excluding carboxylic acids is 1. The van der Waals surface area contributed by atoms with Crippen LogP contribution in [0.15, 0.2) is 35.7 Å². The molecule has 1 saturated carbocycles. The van der Waals surface area contributed by atoms with Gasteiger partial charge in [0.1, 0.15) is 5.75 Å². The minimum Gasteiger partial charge on any atom is -0.496 e. The Hall–Kier alpha value is -1.46. The Morgan fingerprint density at radius 2 is 2.12 bits per heavy atom. The first-order chi connectivity index (χ1) is 11.6. The van der Waals surface area contributed by atoms with Crippen molar-refractivity contribution in [2.75, 3.05) is 19.4 Å². The number of methoxy groups -OCH3 is 1. The van der Waals surface area contributed by atoms with Crippen molar-refractivity contribution >= 4 is 17.7 Å². The van der Waals surface area contributed by atoms with Crippen LogP contribution in [0.2, 0.25) is 0 Å². The second kappa shape index (κ2) is 7.62. The topological polar surface area (TPSA) is 58.6 Å². The molecule has 0 bridgehead atoms. The molecule has 1 amide bonds. The summed E-state index contributed by atoms with van der Waals surface area (Å²) < 4.78 is 5.29. The van der Waals surface area contributed by atoms with Gasteiger partial charge in [-0.3, -0.25) is 4.79 Å². The van der Waals surface area contributed by atoms with E-state index < -0.39 is 0 Å². The van der Waals surface area contributed by atoms with Gasteiger partial charge in [0.05, 0.1) is 18.8 Å². The fraction of sp³-hybridized carbons (Fsp3) is 0.526. The number of nitrogens with one attached hydrogen (secondary N) is 1. The number of aliphatic hydroxyl groups is 1. The van der Waals surface area contributed by atoms with E-state index in [0.717, 1.165) is 31.4 Å². The van der Waals surface area contributed by atoms with E-state index in [1.807, 2.05) is 23.9 Å². The largest absolute Gasteiger partial charge is 0.496 e. The van der Waals surface area contributed by atoms with Gasteiger partial charge < -0.3 is 15.2 Å².